The van der Waals surface area contributed by atoms with Crippen LogP contribution in [0.5, 0.6) is 0 Å². The van der Waals surface area contributed by atoms with Gasteiger partial charge in [0, 0.05) is 14.1 Å². The summed E-state index contributed by atoms with van der Waals surface area (Å²) >= 11 is 0. The van der Waals surface area contributed by atoms with Crippen LogP contribution in [0.4, 0.5) is 11.8 Å². The molecule has 0 saturated heterocycles. The molecular formula is C8H10N6O2. The van der Waals surface area contributed by atoms with Crippen molar-refractivity contribution in [1.82, 2.24) is 19.1 Å². The average Bonchev–Trinajstić information content (AvgIpc) is 2.22. The van der Waals surface area contributed by atoms with E-state index in [1.54, 1.807) is 0 Å². The Morgan fingerprint density at radius 2 is 1.69 bits per heavy atom. The fourth-order valence-corrected chi connectivity index (χ4v) is 1.50. The predicted octanol–water partition coefficient (Wildman–Crippen LogP) is -1.81. The molecule has 0 fully saturated rings. The molecule has 2 aromatic rings. The number of hydrogen-bond acceptors (Lipinski definition) is 6. The Labute approximate surface area is 89.1 Å². The summed E-state index contributed by atoms with van der Waals surface area (Å²) in [7, 11) is 2.84. The van der Waals surface area contributed by atoms with E-state index in [1.165, 1.54) is 18.7 Å². The van der Waals surface area contributed by atoms with Crippen molar-refractivity contribution < 1.29 is 0 Å². The van der Waals surface area contributed by atoms with Crippen molar-refractivity contribution in [1.29, 1.82) is 0 Å². The van der Waals surface area contributed by atoms with Gasteiger partial charge in [-0.25, -0.2) is 4.79 Å². The zero-order chi connectivity index (χ0) is 12.0. The van der Waals surface area contributed by atoms with Gasteiger partial charge in [0.2, 0.25) is 5.95 Å². The maximum atomic E-state index is 11.8. The predicted molar refractivity (Wildman–Crippen MR) is 58.8 cm³/mol. The fourth-order valence-electron chi connectivity index (χ4n) is 1.50. The molecule has 8 heteroatoms. The highest BCUT2D eigenvalue weighted by atomic mass is 16.2. The van der Waals surface area contributed by atoms with Crippen LogP contribution in [-0.4, -0.2) is 19.1 Å². The third kappa shape index (κ3) is 1.16. The van der Waals surface area contributed by atoms with E-state index in [1.807, 2.05) is 0 Å². The quantitative estimate of drug-likeness (QED) is 0.541. The zero-order valence-electron chi connectivity index (χ0n) is 8.76. The summed E-state index contributed by atoms with van der Waals surface area (Å²) in [5.41, 5.74) is 10.1. The first-order valence-electron chi connectivity index (χ1n) is 4.42. The van der Waals surface area contributed by atoms with Crippen LogP contribution in [0, 0.1) is 0 Å². The Morgan fingerprint density at radius 1 is 1.06 bits per heavy atom. The second-order valence-electron chi connectivity index (χ2n) is 3.37. The van der Waals surface area contributed by atoms with E-state index in [-0.39, 0.29) is 22.8 Å². The number of aromatic nitrogens is 4. The lowest BCUT2D eigenvalue weighted by Gasteiger charge is -2.07. The molecule has 0 aliphatic carbocycles. The molecule has 2 heterocycles. The van der Waals surface area contributed by atoms with E-state index < -0.39 is 11.2 Å². The number of hydrogen-bond donors (Lipinski definition) is 2. The summed E-state index contributed by atoms with van der Waals surface area (Å²) < 4.78 is 2.14. The first-order chi connectivity index (χ1) is 7.43. The van der Waals surface area contributed by atoms with Crippen LogP contribution in [-0.2, 0) is 14.1 Å². The van der Waals surface area contributed by atoms with E-state index in [0.29, 0.717) is 0 Å². The molecule has 0 spiro atoms. The standard InChI is InChI=1S/C8H10N6O2/c1-13-5-3(4(9)11-7(10)12-5)6(15)14(2)8(13)16/h1-2H3,(H4,9,10,11,12). The highest BCUT2D eigenvalue weighted by Gasteiger charge is 2.13. The first kappa shape index (κ1) is 10.1. The third-order valence-electron chi connectivity index (χ3n) is 2.35. The molecular weight excluding hydrogens is 212 g/mol. The van der Waals surface area contributed by atoms with Crippen molar-refractivity contribution in [3.05, 3.63) is 20.8 Å². The van der Waals surface area contributed by atoms with Gasteiger partial charge < -0.3 is 11.5 Å². The van der Waals surface area contributed by atoms with E-state index >= 15 is 0 Å². The number of nitrogens with two attached hydrogens (primary N) is 2. The van der Waals surface area contributed by atoms with Crippen LogP contribution in [0.1, 0.15) is 0 Å². The minimum Gasteiger partial charge on any atom is -0.383 e. The molecule has 8 nitrogen and oxygen atoms in total. The molecule has 0 unspecified atom stereocenters. The minimum atomic E-state index is -0.532. The highest BCUT2D eigenvalue weighted by Crippen LogP contribution is 2.11. The molecule has 2 aromatic heterocycles. The molecule has 16 heavy (non-hydrogen) atoms. The fraction of sp³-hybridized carbons (Fsp3) is 0.250. The second kappa shape index (κ2) is 3.05. The molecule has 0 amide bonds. The Kier molecular flexibility index (Phi) is 1.94. The summed E-state index contributed by atoms with van der Waals surface area (Å²) in [5.74, 6) is -0.105. The largest absolute Gasteiger partial charge is 0.383 e. The van der Waals surface area contributed by atoms with Crippen molar-refractivity contribution in [3.8, 4) is 0 Å². The van der Waals surface area contributed by atoms with Gasteiger partial charge in [0.15, 0.2) is 5.65 Å². The lowest BCUT2D eigenvalue weighted by molar-refractivity contribution is 0.707. The van der Waals surface area contributed by atoms with Crippen molar-refractivity contribution in [2.75, 3.05) is 11.5 Å². The number of nitrogens with zero attached hydrogens (tertiary/aromatic N) is 4. The topological polar surface area (TPSA) is 122 Å². The minimum absolute atomic E-state index is 0.0290. The summed E-state index contributed by atoms with van der Waals surface area (Å²) in [6, 6.07) is 0. The SMILES string of the molecule is Cn1c(=O)c2c(N)nc(N)nc2n(C)c1=O. The molecule has 0 aromatic carbocycles. The number of anilines is 2. The Balaban J connectivity index is 3.22. The highest BCUT2D eigenvalue weighted by molar-refractivity contribution is 5.85. The molecule has 0 saturated carbocycles. The zero-order valence-corrected chi connectivity index (χ0v) is 8.76. The van der Waals surface area contributed by atoms with Gasteiger partial charge in [0.05, 0.1) is 0 Å². The van der Waals surface area contributed by atoms with Crippen LogP contribution in [0.25, 0.3) is 11.0 Å². The molecule has 0 bridgehead atoms. The molecule has 84 valence electrons. The third-order valence-corrected chi connectivity index (χ3v) is 2.35. The van der Waals surface area contributed by atoms with Gasteiger partial charge in [-0.3, -0.25) is 13.9 Å². The van der Waals surface area contributed by atoms with Crippen LogP contribution >= 0.6 is 0 Å². The van der Waals surface area contributed by atoms with Crippen LogP contribution in [0.15, 0.2) is 9.59 Å². The van der Waals surface area contributed by atoms with Crippen molar-refractivity contribution >= 4 is 22.8 Å². The average molecular weight is 222 g/mol. The van der Waals surface area contributed by atoms with E-state index in [4.69, 9.17) is 11.5 Å². The maximum absolute atomic E-state index is 11.8. The van der Waals surface area contributed by atoms with E-state index in [9.17, 15) is 9.59 Å². The van der Waals surface area contributed by atoms with Gasteiger partial charge >= 0.3 is 5.69 Å². The Bertz CT molecular complexity index is 698. The Hall–Kier alpha value is -2.38. The van der Waals surface area contributed by atoms with Gasteiger partial charge in [-0.2, -0.15) is 9.97 Å². The van der Waals surface area contributed by atoms with Gasteiger partial charge in [0.1, 0.15) is 11.2 Å². The molecule has 0 atom stereocenters. The lowest BCUT2D eigenvalue weighted by atomic mass is 10.3. The number of nitrogen functional groups attached to an aromatic ring is 2. The number of fused-ring (bicyclic) bond motifs is 1. The maximum Gasteiger partial charge on any atom is 0.332 e. The summed E-state index contributed by atoms with van der Waals surface area (Å²) in [4.78, 5) is 30.9. The molecule has 0 radical (unpaired) electrons. The molecule has 0 aliphatic rings. The summed E-state index contributed by atoms with van der Waals surface area (Å²) in [5, 5.41) is 0.0961. The van der Waals surface area contributed by atoms with Gasteiger partial charge in [-0.15, -0.1) is 0 Å². The van der Waals surface area contributed by atoms with E-state index in [2.05, 4.69) is 9.97 Å². The number of rotatable bonds is 0. The van der Waals surface area contributed by atoms with Crippen molar-refractivity contribution in [2.45, 2.75) is 0 Å². The normalized spacial score (nSPS) is 10.9. The van der Waals surface area contributed by atoms with Crippen molar-refractivity contribution in [2.24, 2.45) is 14.1 Å². The van der Waals surface area contributed by atoms with Gasteiger partial charge in [0.25, 0.3) is 5.56 Å². The Morgan fingerprint density at radius 3 is 2.31 bits per heavy atom. The molecule has 0 aliphatic heterocycles. The molecule has 2 rings (SSSR count). The smallest absolute Gasteiger partial charge is 0.332 e. The number of aryl methyl sites for hydroxylation is 1. The van der Waals surface area contributed by atoms with Crippen LogP contribution in [0.3, 0.4) is 0 Å². The van der Waals surface area contributed by atoms with E-state index in [0.717, 1.165) is 4.57 Å². The molecule has 4 N–H and O–H groups in total. The monoisotopic (exact) mass is 222 g/mol. The van der Waals surface area contributed by atoms with Crippen LogP contribution in [0.2, 0.25) is 0 Å². The first-order valence-corrected chi connectivity index (χ1v) is 4.42. The van der Waals surface area contributed by atoms with Crippen molar-refractivity contribution in [3.63, 3.8) is 0 Å². The van der Waals surface area contributed by atoms with Gasteiger partial charge in [-0.1, -0.05) is 0 Å². The second-order valence-corrected chi connectivity index (χ2v) is 3.37. The lowest BCUT2D eigenvalue weighted by Crippen LogP contribution is -2.37. The summed E-state index contributed by atoms with van der Waals surface area (Å²) in [6.45, 7) is 0. The van der Waals surface area contributed by atoms with Crippen LogP contribution < -0.4 is 22.7 Å². The van der Waals surface area contributed by atoms with Gasteiger partial charge in [-0.05, 0) is 0 Å². The summed E-state index contributed by atoms with van der Waals surface area (Å²) in [6.07, 6.45) is 0.